The predicted molar refractivity (Wildman–Crippen MR) is 116 cm³/mol. The highest BCUT2D eigenvalue weighted by atomic mass is 16.5. The number of methoxy groups -OCH3 is 1. The SMILES string of the molecule is COc1cccc(CN[C@@H]2CCC[C@@H](C(=O)NCc3cc(C)on3)CC(=O)N(C)C2)c1. The van der Waals surface area contributed by atoms with Crippen molar-refractivity contribution in [2.24, 2.45) is 5.92 Å². The number of likely N-dealkylation sites (N-methyl/N-ethyl adjacent to an activating group) is 1. The fraction of sp³-hybridized carbons (Fsp3) is 0.522. The van der Waals surface area contributed by atoms with Crippen molar-refractivity contribution in [2.75, 3.05) is 20.7 Å². The quantitative estimate of drug-likeness (QED) is 0.703. The number of nitrogens with one attached hydrogen (secondary N) is 2. The normalized spacial score (nSPS) is 20.0. The number of carbonyl (C=O) groups is 2. The van der Waals surface area contributed by atoms with Gasteiger partial charge in [0.25, 0.3) is 0 Å². The Labute approximate surface area is 183 Å². The number of aromatic nitrogens is 1. The summed E-state index contributed by atoms with van der Waals surface area (Å²) in [7, 11) is 3.46. The summed E-state index contributed by atoms with van der Waals surface area (Å²) in [6.45, 7) is 3.44. The van der Waals surface area contributed by atoms with Crippen molar-refractivity contribution in [3.05, 3.63) is 47.3 Å². The van der Waals surface area contributed by atoms with Crippen molar-refractivity contribution >= 4 is 11.8 Å². The highest BCUT2D eigenvalue weighted by Gasteiger charge is 2.27. The number of hydrogen-bond acceptors (Lipinski definition) is 6. The second kappa shape index (κ2) is 10.9. The van der Waals surface area contributed by atoms with E-state index in [1.165, 1.54) is 0 Å². The molecule has 0 spiro atoms. The number of amides is 2. The lowest BCUT2D eigenvalue weighted by atomic mass is 9.96. The number of aryl methyl sites for hydroxylation is 1. The van der Waals surface area contributed by atoms with Crippen LogP contribution >= 0.6 is 0 Å². The van der Waals surface area contributed by atoms with Crippen LogP contribution in [0.4, 0.5) is 0 Å². The maximum absolute atomic E-state index is 12.7. The fourth-order valence-electron chi connectivity index (χ4n) is 3.86. The number of rotatable bonds is 7. The molecule has 1 aromatic carbocycles. The van der Waals surface area contributed by atoms with Gasteiger partial charge in [-0.15, -0.1) is 0 Å². The molecule has 1 fully saturated rings. The van der Waals surface area contributed by atoms with Crippen LogP contribution in [0.2, 0.25) is 0 Å². The molecule has 3 rings (SSSR count). The van der Waals surface area contributed by atoms with E-state index >= 15 is 0 Å². The van der Waals surface area contributed by atoms with Crippen LogP contribution in [0.5, 0.6) is 5.75 Å². The van der Waals surface area contributed by atoms with Crippen LogP contribution in [0.15, 0.2) is 34.9 Å². The van der Waals surface area contributed by atoms with E-state index in [4.69, 9.17) is 9.26 Å². The minimum absolute atomic E-state index is 0.00693. The molecule has 0 radical (unpaired) electrons. The van der Waals surface area contributed by atoms with Crippen molar-refractivity contribution in [2.45, 2.75) is 51.7 Å². The van der Waals surface area contributed by atoms with Gasteiger partial charge in [-0.2, -0.15) is 0 Å². The first kappa shape index (κ1) is 22.8. The van der Waals surface area contributed by atoms with E-state index in [0.717, 1.165) is 24.2 Å². The van der Waals surface area contributed by atoms with E-state index in [-0.39, 0.29) is 30.2 Å². The van der Waals surface area contributed by atoms with Crippen molar-refractivity contribution in [1.29, 1.82) is 0 Å². The molecule has 8 nitrogen and oxygen atoms in total. The summed E-state index contributed by atoms with van der Waals surface area (Å²) in [5.74, 6) is 1.09. The lowest BCUT2D eigenvalue weighted by molar-refractivity contribution is -0.135. The molecular weight excluding hydrogens is 396 g/mol. The lowest BCUT2D eigenvalue weighted by Crippen LogP contribution is -2.41. The topological polar surface area (TPSA) is 96.7 Å². The molecule has 0 saturated carbocycles. The summed E-state index contributed by atoms with van der Waals surface area (Å²) in [4.78, 5) is 27.1. The van der Waals surface area contributed by atoms with Gasteiger partial charge in [-0.25, -0.2) is 0 Å². The molecule has 2 amide bonds. The summed E-state index contributed by atoms with van der Waals surface area (Å²) in [5, 5.41) is 10.3. The Morgan fingerprint density at radius 2 is 2.13 bits per heavy atom. The summed E-state index contributed by atoms with van der Waals surface area (Å²) >= 11 is 0. The van der Waals surface area contributed by atoms with Crippen LogP contribution in [-0.4, -0.2) is 48.6 Å². The standard InChI is InChI=1S/C23H32N4O4/c1-16-10-20(26-31-16)14-25-23(29)18-7-5-8-19(15-27(2)22(28)12-18)24-13-17-6-4-9-21(11-17)30-3/h4,6,9-11,18-19,24H,5,7-8,12-15H2,1-3H3,(H,25,29)/t18-,19-/m1/s1. The van der Waals surface area contributed by atoms with E-state index in [1.54, 1.807) is 25.1 Å². The van der Waals surface area contributed by atoms with Gasteiger partial charge in [-0.1, -0.05) is 23.7 Å². The van der Waals surface area contributed by atoms with Crippen LogP contribution in [-0.2, 0) is 22.7 Å². The highest BCUT2D eigenvalue weighted by molar-refractivity contribution is 5.85. The Kier molecular flexibility index (Phi) is 8.06. The Balaban J connectivity index is 1.54. The van der Waals surface area contributed by atoms with Gasteiger partial charge >= 0.3 is 0 Å². The third-order valence-electron chi connectivity index (χ3n) is 5.67. The number of ether oxygens (including phenoxy) is 1. The zero-order chi connectivity index (χ0) is 22.2. The minimum Gasteiger partial charge on any atom is -0.497 e. The third-order valence-corrected chi connectivity index (χ3v) is 5.67. The van der Waals surface area contributed by atoms with E-state index in [9.17, 15) is 9.59 Å². The average Bonchev–Trinajstić information content (AvgIpc) is 3.21. The molecule has 1 aliphatic rings. The Bertz CT molecular complexity index is 882. The van der Waals surface area contributed by atoms with Gasteiger partial charge < -0.3 is 24.8 Å². The molecule has 0 unspecified atom stereocenters. The van der Waals surface area contributed by atoms with Gasteiger partial charge in [-0.05, 0) is 37.5 Å². The lowest BCUT2D eigenvalue weighted by Gasteiger charge is -2.24. The first-order chi connectivity index (χ1) is 14.9. The van der Waals surface area contributed by atoms with E-state index in [0.29, 0.717) is 37.5 Å². The molecule has 0 bridgehead atoms. The summed E-state index contributed by atoms with van der Waals surface area (Å²) in [5.41, 5.74) is 1.81. The Hall–Kier alpha value is -2.87. The molecule has 168 valence electrons. The van der Waals surface area contributed by atoms with E-state index in [2.05, 4.69) is 21.9 Å². The van der Waals surface area contributed by atoms with Crippen molar-refractivity contribution in [1.82, 2.24) is 20.7 Å². The van der Waals surface area contributed by atoms with Crippen LogP contribution in [0.1, 0.15) is 42.7 Å². The summed E-state index contributed by atoms with van der Waals surface area (Å²) in [6, 6.07) is 9.91. The predicted octanol–water partition coefficient (Wildman–Crippen LogP) is 2.41. The monoisotopic (exact) mass is 428 g/mol. The first-order valence-electron chi connectivity index (χ1n) is 10.7. The van der Waals surface area contributed by atoms with Crippen LogP contribution < -0.4 is 15.4 Å². The van der Waals surface area contributed by atoms with Gasteiger partial charge in [0.15, 0.2) is 0 Å². The smallest absolute Gasteiger partial charge is 0.223 e. The zero-order valence-electron chi connectivity index (χ0n) is 18.5. The van der Waals surface area contributed by atoms with Crippen molar-refractivity contribution < 1.29 is 18.8 Å². The number of carbonyl (C=O) groups excluding carboxylic acids is 2. The van der Waals surface area contributed by atoms with Gasteiger partial charge in [0.1, 0.15) is 17.2 Å². The number of nitrogens with zero attached hydrogens (tertiary/aromatic N) is 2. The fourth-order valence-corrected chi connectivity index (χ4v) is 3.86. The summed E-state index contributed by atoms with van der Waals surface area (Å²) < 4.78 is 10.3. The number of hydrogen-bond donors (Lipinski definition) is 2. The maximum Gasteiger partial charge on any atom is 0.223 e. The molecule has 1 aliphatic heterocycles. The Morgan fingerprint density at radius 3 is 2.87 bits per heavy atom. The van der Waals surface area contributed by atoms with E-state index in [1.807, 2.05) is 25.1 Å². The Morgan fingerprint density at radius 1 is 1.29 bits per heavy atom. The molecule has 1 aromatic heterocycles. The first-order valence-corrected chi connectivity index (χ1v) is 10.7. The highest BCUT2D eigenvalue weighted by Crippen LogP contribution is 2.20. The second-order valence-corrected chi connectivity index (χ2v) is 8.18. The molecule has 31 heavy (non-hydrogen) atoms. The molecule has 2 atom stereocenters. The van der Waals surface area contributed by atoms with Crippen LogP contribution in [0.3, 0.4) is 0 Å². The molecule has 0 aliphatic carbocycles. The van der Waals surface area contributed by atoms with Gasteiger partial charge in [0.2, 0.25) is 11.8 Å². The molecular formula is C23H32N4O4. The largest absolute Gasteiger partial charge is 0.497 e. The van der Waals surface area contributed by atoms with E-state index < -0.39 is 0 Å². The number of benzene rings is 1. The summed E-state index contributed by atoms with van der Waals surface area (Å²) in [6.07, 6.45) is 2.68. The maximum atomic E-state index is 12.7. The molecule has 2 N–H and O–H groups in total. The third kappa shape index (κ3) is 6.82. The van der Waals surface area contributed by atoms with Crippen molar-refractivity contribution in [3.63, 3.8) is 0 Å². The van der Waals surface area contributed by atoms with Gasteiger partial charge in [0, 0.05) is 44.6 Å². The zero-order valence-corrected chi connectivity index (χ0v) is 18.5. The second-order valence-electron chi connectivity index (χ2n) is 8.18. The molecule has 2 aromatic rings. The van der Waals surface area contributed by atoms with Gasteiger partial charge in [-0.3, -0.25) is 9.59 Å². The molecule has 2 heterocycles. The van der Waals surface area contributed by atoms with Crippen molar-refractivity contribution in [3.8, 4) is 5.75 Å². The minimum atomic E-state index is -0.333. The average molecular weight is 429 g/mol. The van der Waals surface area contributed by atoms with Gasteiger partial charge in [0.05, 0.1) is 13.7 Å². The van der Waals surface area contributed by atoms with Crippen LogP contribution in [0, 0.1) is 12.8 Å². The molecule has 1 saturated heterocycles. The molecule has 8 heteroatoms. The van der Waals surface area contributed by atoms with Crippen LogP contribution in [0.25, 0.3) is 0 Å².